The molecule has 0 amide bonds. The molecule has 12 aromatic rings. The van der Waals surface area contributed by atoms with Gasteiger partial charge in [-0.15, -0.1) is 21.9 Å². The van der Waals surface area contributed by atoms with Crippen LogP contribution < -0.4 is 28.3 Å². The molecule has 86 heavy (non-hydrogen) atoms. The summed E-state index contributed by atoms with van der Waals surface area (Å²) in [6, 6.07) is 108. The van der Waals surface area contributed by atoms with E-state index in [2.05, 4.69) is 363 Å². The van der Waals surface area contributed by atoms with Crippen LogP contribution >= 0.6 is 22.7 Å². The van der Waals surface area contributed by atoms with Gasteiger partial charge in [-0.05, 0) is 56.7 Å². The van der Waals surface area contributed by atoms with Crippen LogP contribution in [-0.2, 0) is 0 Å². The topological polar surface area (TPSA) is 14.2 Å². The normalized spacial score (nSPS) is 14.5. The van der Waals surface area contributed by atoms with Crippen LogP contribution in [-0.4, -0.2) is 40.8 Å². The Labute approximate surface area is 514 Å². The zero-order valence-electron chi connectivity index (χ0n) is 48.8. The van der Waals surface area contributed by atoms with E-state index < -0.39 is 12.6 Å². The maximum atomic E-state index is 2.57. The molecular weight excluding hydrogens is 1080 g/mol. The van der Waals surface area contributed by atoms with Crippen molar-refractivity contribution in [2.24, 2.45) is 0 Å². The second kappa shape index (κ2) is 23.0. The highest BCUT2D eigenvalue weighted by Gasteiger charge is 2.56. The van der Waals surface area contributed by atoms with E-state index in [4.69, 9.17) is 0 Å². The van der Waals surface area contributed by atoms with Crippen molar-refractivity contribution in [3.63, 3.8) is 0 Å². The SMILES string of the molecule is CN(C)c1cc[n+]([B-]2(c3ccc(-c4ccc([B-]5([n+]6ccc(N(C)C)cc6)C(c6ccccc6)=C(c6ccccc6)C(c6ccccc6)=C5c5ccccc5)s4)s3)C(c3ccccc3)=C(c3ccccc3)C(c3ccccc3)=C2c2ccccc2)cc1. The lowest BCUT2D eigenvalue weighted by Gasteiger charge is -2.37. The number of nitrogens with zero attached hydrogens (tertiary/aromatic N) is 4. The first kappa shape index (κ1) is 54.1. The van der Waals surface area contributed by atoms with Gasteiger partial charge in [0.05, 0.1) is 0 Å². The molecular formula is C78H64B2N4S2. The van der Waals surface area contributed by atoms with Gasteiger partial charge in [-0.3, -0.25) is 0 Å². The van der Waals surface area contributed by atoms with Gasteiger partial charge in [0, 0.05) is 73.6 Å². The fourth-order valence-corrected chi connectivity index (χ4v) is 16.8. The van der Waals surface area contributed by atoms with Crippen molar-refractivity contribution in [1.82, 2.24) is 0 Å². The predicted molar refractivity (Wildman–Crippen MR) is 370 cm³/mol. The molecule has 0 fully saturated rings. The van der Waals surface area contributed by atoms with Crippen LogP contribution in [0.3, 0.4) is 0 Å². The van der Waals surface area contributed by atoms with Gasteiger partial charge in [0.25, 0.3) is 0 Å². The average Bonchev–Trinajstić information content (AvgIpc) is 1.67. The molecule has 6 heterocycles. The maximum absolute atomic E-state index is 2.57. The molecule has 0 radical (unpaired) electrons. The van der Waals surface area contributed by atoms with E-state index in [0.29, 0.717) is 0 Å². The highest BCUT2D eigenvalue weighted by molar-refractivity contribution is 7.39. The first-order chi connectivity index (χ1) is 42.3. The van der Waals surface area contributed by atoms with Gasteiger partial charge in [0.15, 0.2) is 0 Å². The van der Waals surface area contributed by atoms with Gasteiger partial charge < -0.3 is 18.8 Å². The minimum Gasteiger partial charge on any atom is -0.414 e. The van der Waals surface area contributed by atoms with Crippen molar-refractivity contribution in [1.29, 1.82) is 0 Å². The second-order valence-corrected chi connectivity index (χ2v) is 25.2. The molecule has 0 spiro atoms. The van der Waals surface area contributed by atoms with Gasteiger partial charge in [-0.1, -0.05) is 287 Å². The number of allylic oxidation sites excluding steroid dienone is 4. The number of anilines is 2. The lowest BCUT2D eigenvalue weighted by Crippen LogP contribution is -2.72. The van der Waals surface area contributed by atoms with Crippen molar-refractivity contribution in [3.05, 3.63) is 360 Å². The molecule has 0 aliphatic carbocycles. The molecule has 2 aliphatic rings. The van der Waals surface area contributed by atoms with Crippen LogP contribution in [0, 0.1) is 0 Å². The Kier molecular flexibility index (Phi) is 14.4. The molecule has 0 bridgehead atoms. The molecule has 0 saturated carbocycles. The number of thiophene rings is 2. The van der Waals surface area contributed by atoms with Crippen LogP contribution in [0.25, 0.3) is 53.9 Å². The van der Waals surface area contributed by atoms with Crippen LogP contribution in [0.15, 0.2) is 316 Å². The zero-order valence-corrected chi connectivity index (χ0v) is 50.4. The van der Waals surface area contributed by atoms with E-state index in [1.807, 2.05) is 22.7 Å². The van der Waals surface area contributed by atoms with Gasteiger partial charge in [0.1, 0.15) is 24.8 Å². The molecule has 14 rings (SSSR count). The first-order valence-electron chi connectivity index (χ1n) is 29.7. The molecule has 8 aromatic carbocycles. The monoisotopic (exact) mass is 1140 g/mol. The third kappa shape index (κ3) is 9.16. The molecule has 2 aliphatic heterocycles. The molecule has 0 atom stereocenters. The maximum Gasteiger partial charge on any atom is 0.371 e. The fraction of sp³-hybridized carbons (Fsp3) is 0.0513. The van der Waals surface area contributed by atoms with E-state index in [0.717, 1.165) is 11.4 Å². The van der Waals surface area contributed by atoms with Crippen molar-refractivity contribution < 1.29 is 8.96 Å². The summed E-state index contributed by atoms with van der Waals surface area (Å²) in [6.45, 7) is 0. The smallest absolute Gasteiger partial charge is 0.371 e. The standard InChI is InChI=1S/C78H64B2N4S2/c1-81(2)65-49-53-83(54-50-65)79(75(61-37-21-9-22-38-61)71(57-29-13-5-14-30-57)72(58-31-15-6-16-32-58)76(79)62-39-23-10-24-40-62)69-47-45-67(85-69)68-46-48-70(86-68)80(84-55-51-66(52-56-84)82(3)4)77(63-41-25-11-26-42-63)73(59-33-17-7-18-34-59)74(60-35-19-8-20-36-60)78(80)64-43-27-12-28-44-64/h5-56H,1-4H3. The number of pyridine rings is 2. The molecule has 0 saturated heterocycles. The number of hydrogen-bond donors (Lipinski definition) is 0. The minimum absolute atomic E-state index is 1.14. The van der Waals surface area contributed by atoms with Crippen LogP contribution in [0.5, 0.6) is 0 Å². The summed E-state index contributed by atoms with van der Waals surface area (Å²) in [7, 11) is 8.50. The third-order valence-electron chi connectivity index (χ3n) is 17.8. The summed E-state index contributed by atoms with van der Waals surface area (Å²) < 4.78 is 7.69. The van der Waals surface area contributed by atoms with Crippen LogP contribution in [0.2, 0.25) is 0 Å². The Morgan fingerprint density at radius 3 is 0.663 bits per heavy atom. The van der Waals surface area contributed by atoms with E-state index in [9.17, 15) is 0 Å². The number of rotatable bonds is 15. The summed E-state index contributed by atoms with van der Waals surface area (Å²) in [4.78, 5) is 6.82. The zero-order chi connectivity index (χ0) is 58.2. The van der Waals surface area contributed by atoms with E-state index in [-0.39, 0.29) is 0 Å². The van der Waals surface area contributed by atoms with E-state index >= 15 is 0 Å². The van der Waals surface area contributed by atoms with Crippen molar-refractivity contribution in [2.45, 2.75) is 0 Å². The molecule has 4 aromatic heterocycles. The summed E-state index contributed by atoms with van der Waals surface area (Å²) in [6.07, 6.45) is 5.32. The van der Waals surface area contributed by atoms with E-state index in [1.54, 1.807) is 0 Å². The Morgan fingerprint density at radius 2 is 0.453 bits per heavy atom. The molecule has 8 heteroatoms. The predicted octanol–water partition coefficient (Wildman–Crippen LogP) is 16.2. The Morgan fingerprint density at radius 1 is 0.244 bits per heavy atom. The third-order valence-corrected chi connectivity index (χ3v) is 20.5. The number of aromatic nitrogens is 2. The highest BCUT2D eigenvalue weighted by atomic mass is 32.1. The van der Waals surface area contributed by atoms with Crippen molar-refractivity contribution in [2.75, 3.05) is 38.0 Å². The number of hydrogen-bond acceptors (Lipinski definition) is 4. The Balaban J connectivity index is 1.09. The Bertz CT molecular complexity index is 4010. The van der Waals surface area contributed by atoms with Crippen LogP contribution in [0.1, 0.15) is 44.5 Å². The largest absolute Gasteiger partial charge is 0.414 e. The average molecular weight is 1140 g/mol. The summed E-state index contributed by atoms with van der Waals surface area (Å²) in [5.41, 5.74) is 21.9. The van der Waals surface area contributed by atoms with Gasteiger partial charge in [-0.25, -0.2) is 0 Å². The lowest BCUT2D eigenvalue weighted by molar-refractivity contribution is -0.538. The summed E-state index contributed by atoms with van der Waals surface area (Å²) >= 11 is 3.87. The first-order valence-corrected chi connectivity index (χ1v) is 31.3. The summed E-state index contributed by atoms with van der Waals surface area (Å²) in [5, 5.41) is 0. The van der Waals surface area contributed by atoms with Crippen LogP contribution in [0.4, 0.5) is 11.4 Å². The molecule has 4 nitrogen and oxygen atoms in total. The Hall–Kier alpha value is -9.85. The quantitative estimate of drug-likeness (QED) is 0.0950. The molecule has 414 valence electrons. The van der Waals surface area contributed by atoms with Gasteiger partial charge in [-0.2, -0.15) is 22.7 Å². The second-order valence-electron chi connectivity index (χ2n) is 22.9. The molecule has 0 N–H and O–H groups in total. The fourth-order valence-electron chi connectivity index (χ4n) is 14.1. The van der Waals surface area contributed by atoms with Gasteiger partial charge >= 0.3 is 12.6 Å². The minimum atomic E-state index is -2.03. The summed E-state index contributed by atoms with van der Waals surface area (Å²) in [5.74, 6) is 0. The van der Waals surface area contributed by atoms with Crippen molar-refractivity contribution in [3.8, 4) is 9.75 Å². The lowest BCUT2D eigenvalue weighted by atomic mass is 9.25. The van der Waals surface area contributed by atoms with Gasteiger partial charge in [0.2, 0.25) is 0 Å². The number of benzene rings is 8. The highest BCUT2D eigenvalue weighted by Crippen LogP contribution is 2.57. The van der Waals surface area contributed by atoms with E-state index in [1.165, 1.54) is 108 Å². The van der Waals surface area contributed by atoms with Crippen molar-refractivity contribution >= 4 is 100 Å². The molecule has 0 unspecified atom stereocenters.